The van der Waals surface area contributed by atoms with Crippen LogP contribution in [0.5, 0.6) is 0 Å². The Balaban J connectivity index is 2.29. The monoisotopic (exact) mass is 180 g/mol. The summed E-state index contributed by atoms with van der Waals surface area (Å²) in [6, 6.07) is 0.692. The number of nitrogens with two attached hydrogens (primary N) is 1. The predicted molar refractivity (Wildman–Crippen MR) is 47.2 cm³/mol. The summed E-state index contributed by atoms with van der Waals surface area (Å²) >= 11 is 0. The molecule has 0 spiro atoms. The van der Waals surface area contributed by atoms with Gasteiger partial charge >= 0.3 is 0 Å². The molecule has 1 amide bonds. The second kappa shape index (κ2) is 2.85. The van der Waals surface area contributed by atoms with Gasteiger partial charge in [-0.2, -0.15) is 0 Å². The van der Waals surface area contributed by atoms with Crippen LogP contribution in [0, 0.1) is 0 Å². The van der Waals surface area contributed by atoms with Crippen LogP contribution in [0.15, 0.2) is 12.5 Å². The first kappa shape index (κ1) is 8.25. The van der Waals surface area contributed by atoms with Crippen molar-refractivity contribution in [1.82, 2.24) is 14.9 Å². The molecule has 0 unspecified atom stereocenters. The van der Waals surface area contributed by atoms with Crippen molar-refractivity contribution in [3.63, 3.8) is 0 Å². The number of rotatable bonds is 2. The third-order valence-electron chi connectivity index (χ3n) is 2.50. The molecule has 5 heteroatoms. The van der Waals surface area contributed by atoms with E-state index in [4.69, 9.17) is 5.73 Å². The summed E-state index contributed by atoms with van der Waals surface area (Å²) < 4.78 is 1.84. The average molecular weight is 180 g/mol. The van der Waals surface area contributed by atoms with E-state index in [2.05, 4.69) is 17.2 Å². The Morgan fingerprint density at radius 1 is 1.85 bits per heavy atom. The third-order valence-corrected chi connectivity index (χ3v) is 2.50. The minimum atomic E-state index is -0.420. The summed E-state index contributed by atoms with van der Waals surface area (Å²) in [4.78, 5) is 14.9. The van der Waals surface area contributed by atoms with Gasteiger partial charge in [-0.15, -0.1) is 0 Å². The first-order valence-corrected chi connectivity index (χ1v) is 4.25. The van der Waals surface area contributed by atoms with E-state index >= 15 is 0 Å². The maximum Gasteiger partial charge on any atom is 0.266 e. The van der Waals surface area contributed by atoms with Crippen molar-refractivity contribution in [3.05, 3.63) is 18.2 Å². The number of aromatic nitrogens is 2. The lowest BCUT2D eigenvalue weighted by molar-refractivity contribution is 0.0984. The van der Waals surface area contributed by atoms with Crippen LogP contribution in [-0.4, -0.2) is 28.0 Å². The number of imidazole rings is 1. The molecule has 1 saturated heterocycles. The molecule has 0 aromatic carbocycles. The van der Waals surface area contributed by atoms with E-state index in [0.717, 1.165) is 6.54 Å². The maximum absolute atomic E-state index is 11.0. The number of nitrogens with zero attached hydrogens (tertiary/aromatic N) is 2. The third kappa shape index (κ3) is 1.21. The second-order valence-electron chi connectivity index (χ2n) is 3.31. The number of carbonyl (C=O) groups is 1. The molecule has 70 valence electrons. The molecule has 1 fully saturated rings. The summed E-state index contributed by atoms with van der Waals surface area (Å²) in [5.74, 6) is -0.420. The fourth-order valence-electron chi connectivity index (χ4n) is 1.56. The molecule has 13 heavy (non-hydrogen) atoms. The Morgan fingerprint density at radius 2 is 2.62 bits per heavy atom. The summed E-state index contributed by atoms with van der Waals surface area (Å²) in [5.41, 5.74) is 5.69. The zero-order chi connectivity index (χ0) is 9.42. The zero-order valence-electron chi connectivity index (χ0n) is 7.40. The van der Waals surface area contributed by atoms with Gasteiger partial charge < -0.3 is 15.6 Å². The smallest absolute Gasteiger partial charge is 0.266 e. The number of carbonyl (C=O) groups excluding carboxylic acids is 1. The zero-order valence-corrected chi connectivity index (χ0v) is 7.40. The van der Waals surface area contributed by atoms with Crippen molar-refractivity contribution in [2.75, 3.05) is 6.54 Å². The van der Waals surface area contributed by atoms with E-state index in [1.54, 1.807) is 6.33 Å². The largest absolute Gasteiger partial charge is 0.364 e. The molecule has 0 bridgehead atoms. The van der Waals surface area contributed by atoms with Crippen molar-refractivity contribution < 1.29 is 4.79 Å². The minimum absolute atomic E-state index is 0.310. The molecule has 0 aliphatic carbocycles. The fourth-order valence-corrected chi connectivity index (χ4v) is 1.56. The molecule has 2 atom stereocenters. The molecule has 2 heterocycles. The van der Waals surface area contributed by atoms with Crippen molar-refractivity contribution in [2.45, 2.75) is 19.0 Å². The van der Waals surface area contributed by atoms with Crippen LogP contribution in [0.1, 0.15) is 23.5 Å². The van der Waals surface area contributed by atoms with Crippen LogP contribution < -0.4 is 11.1 Å². The molecule has 1 aliphatic heterocycles. The maximum atomic E-state index is 11.0. The van der Waals surface area contributed by atoms with Crippen molar-refractivity contribution >= 4 is 5.91 Å². The summed E-state index contributed by atoms with van der Waals surface area (Å²) in [6.45, 7) is 2.94. The van der Waals surface area contributed by atoms with Gasteiger partial charge in [-0.3, -0.25) is 4.79 Å². The lowest BCUT2D eigenvalue weighted by Crippen LogP contribution is -2.52. The first-order chi connectivity index (χ1) is 6.20. The van der Waals surface area contributed by atoms with E-state index in [9.17, 15) is 4.79 Å². The van der Waals surface area contributed by atoms with E-state index < -0.39 is 5.91 Å². The van der Waals surface area contributed by atoms with Crippen LogP contribution in [0.2, 0.25) is 0 Å². The molecule has 3 N–H and O–H groups in total. The number of nitrogens with one attached hydrogen (secondary N) is 1. The van der Waals surface area contributed by atoms with Gasteiger partial charge in [0.1, 0.15) is 5.69 Å². The summed E-state index contributed by atoms with van der Waals surface area (Å²) in [6.07, 6.45) is 3.16. The molecular weight excluding hydrogens is 168 g/mol. The second-order valence-corrected chi connectivity index (χ2v) is 3.31. The van der Waals surface area contributed by atoms with Crippen LogP contribution in [0.4, 0.5) is 0 Å². The highest BCUT2D eigenvalue weighted by atomic mass is 16.1. The lowest BCUT2D eigenvalue weighted by atomic mass is 10.0. The Kier molecular flexibility index (Phi) is 1.81. The Hall–Kier alpha value is -1.36. The molecule has 1 aromatic rings. The van der Waals surface area contributed by atoms with E-state index in [1.165, 1.54) is 6.20 Å². The first-order valence-electron chi connectivity index (χ1n) is 4.25. The fraction of sp³-hybridized carbons (Fsp3) is 0.500. The minimum Gasteiger partial charge on any atom is -0.364 e. The molecule has 0 radical (unpaired) electrons. The highest BCUT2D eigenvalue weighted by Crippen LogP contribution is 2.20. The van der Waals surface area contributed by atoms with Gasteiger partial charge in [0.15, 0.2) is 0 Å². The number of amides is 1. The van der Waals surface area contributed by atoms with E-state index in [1.807, 2.05) is 4.57 Å². The standard InChI is InChI=1S/C8H12N4O/c1-5-6(3-11-5)12-4-10-2-7(12)8(9)13/h2,4-6,11H,3H2,1H3,(H2,9,13)/t5-,6+/m0/s1. The highest BCUT2D eigenvalue weighted by Gasteiger charge is 2.29. The van der Waals surface area contributed by atoms with Crippen molar-refractivity contribution in [3.8, 4) is 0 Å². The number of hydrogen-bond donors (Lipinski definition) is 2. The topological polar surface area (TPSA) is 72.9 Å². The predicted octanol–water partition coefficient (Wildman–Crippen LogP) is -0.485. The van der Waals surface area contributed by atoms with Gasteiger partial charge in [-0.25, -0.2) is 4.98 Å². The molecule has 1 aliphatic rings. The Labute approximate surface area is 75.9 Å². The molecular formula is C8H12N4O. The van der Waals surface area contributed by atoms with Gasteiger partial charge in [0.25, 0.3) is 5.91 Å². The molecule has 1 aromatic heterocycles. The normalized spacial score (nSPS) is 26.8. The summed E-state index contributed by atoms with van der Waals surface area (Å²) in [5, 5.41) is 3.21. The average Bonchev–Trinajstić information content (AvgIpc) is 2.50. The van der Waals surface area contributed by atoms with Gasteiger partial charge in [0.05, 0.1) is 18.6 Å². The van der Waals surface area contributed by atoms with Crippen molar-refractivity contribution in [1.29, 1.82) is 0 Å². The molecule has 5 nitrogen and oxygen atoms in total. The van der Waals surface area contributed by atoms with Crippen LogP contribution in [-0.2, 0) is 0 Å². The van der Waals surface area contributed by atoms with Gasteiger partial charge in [0, 0.05) is 12.6 Å². The highest BCUT2D eigenvalue weighted by molar-refractivity contribution is 5.90. The SMILES string of the molecule is C[C@@H]1NC[C@H]1n1cncc1C(N)=O. The molecule has 2 rings (SSSR count). The van der Waals surface area contributed by atoms with Crippen LogP contribution in [0.3, 0.4) is 0 Å². The Bertz CT molecular complexity index is 333. The van der Waals surface area contributed by atoms with Crippen molar-refractivity contribution in [2.24, 2.45) is 5.73 Å². The van der Waals surface area contributed by atoms with E-state index in [0.29, 0.717) is 17.8 Å². The van der Waals surface area contributed by atoms with E-state index in [-0.39, 0.29) is 0 Å². The summed E-state index contributed by atoms with van der Waals surface area (Å²) in [7, 11) is 0. The number of hydrogen-bond acceptors (Lipinski definition) is 3. The van der Waals surface area contributed by atoms with Gasteiger partial charge in [-0.05, 0) is 6.92 Å². The lowest BCUT2D eigenvalue weighted by Gasteiger charge is -2.36. The van der Waals surface area contributed by atoms with Crippen LogP contribution in [0.25, 0.3) is 0 Å². The Morgan fingerprint density at radius 3 is 3.08 bits per heavy atom. The quantitative estimate of drug-likeness (QED) is 0.645. The van der Waals surface area contributed by atoms with Crippen LogP contribution >= 0.6 is 0 Å². The van der Waals surface area contributed by atoms with Gasteiger partial charge in [-0.1, -0.05) is 0 Å². The molecule has 0 saturated carbocycles. The number of primary amides is 1. The van der Waals surface area contributed by atoms with Gasteiger partial charge in [0.2, 0.25) is 0 Å².